The zero-order valence-electron chi connectivity index (χ0n) is 22.6. The van der Waals surface area contributed by atoms with E-state index in [2.05, 4.69) is 20.9 Å². The SMILES string of the molecule is CCOC(=O)COc1ccc(/C=c2\sc3n(c2=O)[C@H](c2cccc(Br)c2)C(C(=O)OCC)=C(C)N=3)cc1OCC. The van der Waals surface area contributed by atoms with Crippen molar-refractivity contribution in [2.75, 3.05) is 26.4 Å². The van der Waals surface area contributed by atoms with Crippen LogP contribution >= 0.6 is 27.3 Å². The van der Waals surface area contributed by atoms with Crippen LogP contribution in [-0.2, 0) is 19.1 Å². The van der Waals surface area contributed by atoms with Crippen LogP contribution in [0.25, 0.3) is 6.08 Å². The molecule has 0 radical (unpaired) electrons. The van der Waals surface area contributed by atoms with E-state index in [1.165, 1.54) is 15.9 Å². The van der Waals surface area contributed by atoms with Crippen molar-refractivity contribution in [2.45, 2.75) is 33.7 Å². The highest BCUT2D eigenvalue weighted by molar-refractivity contribution is 9.10. The number of benzene rings is 2. The Kier molecular flexibility index (Phi) is 9.59. The number of rotatable bonds is 10. The van der Waals surface area contributed by atoms with Crippen LogP contribution in [0.3, 0.4) is 0 Å². The maximum Gasteiger partial charge on any atom is 0.344 e. The van der Waals surface area contributed by atoms with Crippen LogP contribution in [0.15, 0.2) is 68.0 Å². The maximum absolute atomic E-state index is 13.8. The molecule has 0 bridgehead atoms. The van der Waals surface area contributed by atoms with Crippen LogP contribution in [0.4, 0.5) is 0 Å². The summed E-state index contributed by atoms with van der Waals surface area (Å²) in [4.78, 5) is 43.7. The smallest absolute Gasteiger partial charge is 0.344 e. The van der Waals surface area contributed by atoms with Crippen molar-refractivity contribution in [1.29, 1.82) is 0 Å². The lowest BCUT2D eigenvalue weighted by Gasteiger charge is -2.24. The molecule has 2 aromatic carbocycles. The molecule has 11 heteroatoms. The fourth-order valence-corrected chi connectivity index (χ4v) is 5.74. The van der Waals surface area contributed by atoms with Crippen molar-refractivity contribution >= 4 is 45.3 Å². The van der Waals surface area contributed by atoms with Gasteiger partial charge in [-0.25, -0.2) is 14.6 Å². The van der Waals surface area contributed by atoms with E-state index in [0.29, 0.717) is 44.3 Å². The van der Waals surface area contributed by atoms with E-state index in [4.69, 9.17) is 18.9 Å². The summed E-state index contributed by atoms with van der Waals surface area (Å²) in [6.07, 6.45) is 1.74. The molecule has 0 unspecified atom stereocenters. The summed E-state index contributed by atoms with van der Waals surface area (Å²) in [6, 6.07) is 12.0. The molecule has 210 valence electrons. The van der Waals surface area contributed by atoms with E-state index in [-0.39, 0.29) is 25.4 Å². The minimum absolute atomic E-state index is 0.201. The van der Waals surface area contributed by atoms with Gasteiger partial charge in [0.05, 0.1) is 41.7 Å². The zero-order chi connectivity index (χ0) is 28.8. The monoisotopic (exact) mass is 628 g/mol. The number of halogens is 1. The zero-order valence-corrected chi connectivity index (χ0v) is 25.0. The number of allylic oxidation sites excluding steroid dienone is 1. The summed E-state index contributed by atoms with van der Waals surface area (Å²) in [6.45, 7) is 7.65. The summed E-state index contributed by atoms with van der Waals surface area (Å²) >= 11 is 4.73. The fraction of sp³-hybridized carbons (Fsp3) is 0.310. The molecular formula is C29H29BrN2O7S. The standard InChI is InChI=1S/C29H29BrN2O7S/c1-5-36-22-13-18(11-12-21(22)39-16-24(33)37-6-2)14-23-27(34)32-26(19-9-8-10-20(30)15-19)25(28(35)38-7-3)17(4)31-29(32)40-23/h8-15,26H,5-7,16H2,1-4H3/b23-14-/t26-/m1/s1. The highest BCUT2D eigenvalue weighted by Gasteiger charge is 2.33. The van der Waals surface area contributed by atoms with Gasteiger partial charge in [-0.3, -0.25) is 9.36 Å². The summed E-state index contributed by atoms with van der Waals surface area (Å²) in [5.74, 6) is -0.172. The molecule has 1 aliphatic heterocycles. The van der Waals surface area contributed by atoms with E-state index in [0.717, 1.165) is 10.0 Å². The fourth-order valence-electron chi connectivity index (χ4n) is 4.28. The van der Waals surface area contributed by atoms with Gasteiger partial charge in [-0.1, -0.05) is 45.5 Å². The number of fused-ring (bicyclic) bond motifs is 1. The van der Waals surface area contributed by atoms with Crippen LogP contribution in [-0.4, -0.2) is 42.9 Å². The summed E-state index contributed by atoms with van der Waals surface area (Å²) in [5.41, 5.74) is 1.97. The van der Waals surface area contributed by atoms with Crippen LogP contribution in [0, 0.1) is 0 Å². The first kappa shape index (κ1) is 29.3. The number of hydrogen-bond acceptors (Lipinski definition) is 9. The van der Waals surface area contributed by atoms with Gasteiger partial charge in [-0.15, -0.1) is 0 Å². The lowest BCUT2D eigenvalue weighted by Crippen LogP contribution is -2.39. The number of carbonyl (C=O) groups excluding carboxylic acids is 2. The second kappa shape index (κ2) is 13.1. The van der Waals surface area contributed by atoms with Crippen molar-refractivity contribution in [2.24, 2.45) is 4.99 Å². The van der Waals surface area contributed by atoms with E-state index < -0.39 is 18.0 Å². The van der Waals surface area contributed by atoms with Crippen molar-refractivity contribution in [1.82, 2.24) is 4.57 Å². The first-order valence-corrected chi connectivity index (χ1v) is 14.4. The van der Waals surface area contributed by atoms with Gasteiger partial charge < -0.3 is 18.9 Å². The van der Waals surface area contributed by atoms with E-state index in [1.807, 2.05) is 31.2 Å². The van der Waals surface area contributed by atoms with Crippen LogP contribution in [0.2, 0.25) is 0 Å². The normalized spacial score (nSPS) is 14.8. The predicted molar refractivity (Wildman–Crippen MR) is 154 cm³/mol. The Balaban J connectivity index is 1.80. The third-order valence-corrected chi connectivity index (χ3v) is 7.37. The summed E-state index contributed by atoms with van der Waals surface area (Å²) < 4.78 is 24.4. The first-order chi connectivity index (χ1) is 19.3. The van der Waals surface area contributed by atoms with Gasteiger partial charge in [-0.2, -0.15) is 0 Å². The molecule has 0 saturated heterocycles. The summed E-state index contributed by atoms with van der Waals surface area (Å²) in [7, 11) is 0. The molecule has 1 aromatic heterocycles. The minimum Gasteiger partial charge on any atom is -0.490 e. The third kappa shape index (κ3) is 6.37. The van der Waals surface area contributed by atoms with Crippen LogP contribution < -0.4 is 24.4 Å². The Morgan fingerprint density at radius 3 is 2.50 bits per heavy atom. The van der Waals surface area contributed by atoms with Gasteiger partial charge in [0.1, 0.15) is 0 Å². The molecule has 0 saturated carbocycles. The number of thiazole rings is 1. The molecule has 0 fully saturated rings. The van der Waals surface area contributed by atoms with Gasteiger partial charge in [0.2, 0.25) is 0 Å². The van der Waals surface area contributed by atoms with Crippen molar-refractivity contribution < 1.29 is 28.5 Å². The predicted octanol–water partition coefficient (Wildman–Crippen LogP) is 3.90. The van der Waals surface area contributed by atoms with Crippen LogP contribution in [0.5, 0.6) is 11.5 Å². The highest BCUT2D eigenvalue weighted by Crippen LogP contribution is 2.32. The molecule has 4 rings (SSSR count). The molecule has 0 amide bonds. The number of hydrogen-bond donors (Lipinski definition) is 0. The van der Waals surface area contributed by atoms with Gasteiger partial charge >= 0.3 is 11.9 Å². The molecule has 40 heavy (non-hydrogen) atoms. The number of carbonyl (C=O) groups is 2. The Labute approximate surface area is 243 Å². The topological polar surface area (TPSA) is 105 Å². The molecule has 2 heterocycles. The number of nitrogens with zero attached hydrogens (tertiary/aromatic N) is 2. The maximum atomic E-state index is 13.8. The van der Waals surface area contributed by atoms with Crippen molar-refractivity contribution in [3.05, 3.63) is 89.0 Å². The van der Waals surface area contributed by atoms with Gasteiger partial charge in [0, 0.05) is 4.47 Å². The van der Waals surface area contributed by atoms with E-state index in [1.54, 1.807) is 45.0 Å². The van der Waals surface area contributed by atoms with Crippen molar-refractivity contribution in [3.63, 3.8) is 0 Å². The van der Waals surface area contributed by atoms with E-state index >= 15 is 0 Å². The Morgan fingerprint density at radius 2 is 1.80 bits per heavy atom. The largest absolute Gasteiger partial charge is 0.490 e. The lowest BCUT2D eigenvalue weighted by molar-refractivity contribution is -0.145. The van der Waals surface area contributed by atoms with Gasteiger partial charge in [-0.05, 0) is 69.2 Å². The Morgan fingerprint density at radius 1 is 1.02 bits per heavy atom. The highest BCUT2D eigenvalue weighted by atomic mass is 79.9. The Bertz CT molecular complexity index is 1640. The average molecular weight is 630 g/mol. The van der Waals surface area contributed by atoms with Crippen LogP contribution in [0.1, 0.15) is 44.9 Å². The molecule has 1 atom stereocenters. The van der Waals surface area contributed by atoms with Crippen molar-refractivity contribution in [3.8, 4) is 11.5 Å². The summed E-state index contributed by atoms with van der Waals surface area (Å²) in [5, 5.41) is 0. The lowest BCUT2D eigenvalue weighted by atomic mass is 9.96. The number of aromatic nitrogens is 1. The third-order valence-electron chi connectivity index (χ3n) is 5.90. The average Bonchev–Trinajstić information content (AvgIpc) is 3.22. The minimum atomic E-state index is -0.701. The molecule has 1 aliphatic rings. The molecular weight excluding hydrogens is 600 g/mol. The molecule has 0 aliphatic carbocycles. The second-order valence-electron chi connectivity index (χ2n) is 8.59. The first-order valence-electron chi connectivity index (χ1n) is 12.8. The van der Waals surface area contributed by atoms with Gasteiger partial charge in [0.25, 0.3) is 5.56 Å². The number of esters is 2. The van der Waals surface area contributed by atoms with E-state index in [9.17, 15) is 14.4 Å². The molecule has 9 nitrogen and oxygen atoms in total. The molecule has 0 N–H and O–H groups in total. The van der Waals surface area contributed by atoms with Gasteiger partial charge in [0.15, 0.2) is 22.9 Å². The molecule has 0 spiro atoms. The Hall–Kier alpha value is -3.70. The number of ether oxygens (including phenoxy) is 4. The molecule has 3 aromatic rings. The quantitative estimate of drug-likeness (QED) is 0.314. The second-order valence-corrected chi connectivity index (χ2v) is 10.5.